The summed E-state index contributed by atoms with van der Waals surface area (Å²) in [5.41, 5.74) is 1.96. The summed E-state index contributed by atoms with van der Waals surface area (Å²) >= 11 is 0. The fourth-order valence-corrected chi connectivity index (χ4v) is 2.11. The topological polar surface area (TPSA) is 33.1 Å². The van der Waals surface area contributed by atoms with Crippen molar-refractivity contribution in [3.8, 4) is 0 Å². The molecule has 0 aliphatic heterocycles. The first-order valence-electron chi connectivity index (χ1n) is 6.06. The minimum atomic E-state index is -0.556. The first-order valence-corrected chi connectivity index (χ1v) is 6.06. The Labute approximate surface area is 108 Å². The van der Waals surface area contributed by atoms with E-state index in [9.17, 15) is 5.11 Å². The van der Waals surface area contributed by atoms with Crippen molar-refractivity contribution in [2.24, 2.45) is 0 Å². The molecule has 0 aliphatic rings. The van der Waals surface area contributed by atoms with Crippen LogP contribution in [0.5, 0.6) is 0 Å². The zero-order valence-electron chi connectivity index (χ0n) is 10.2. The summed E-state index contributed by atoms with van der Waals surface area (Å²) in [6.07, 6.45) is 5.45. The Morgan fingerprint density at radius 2 is 1.83 bits per heavy atom. The zero-order valence-corrected chi connectivity index (χ0v) is 10.2. The molecule has 0 amide bonds. The van der Waals surface area contributed by atoms with Gasteiger partial charge in [0, 0.05) is 18.3 Å². The number of aliphatic hydroxyl groups is 1. The highest BCUT2D eigenvalue weighted by Gasteiger charge is 2.21. The molecule has 1 N–H and O–H groups in total. The van der Waals surface area contributed by atoms with Crippen LogP contribution >= 0.6 is 0 Å². The Morgan fingerprint density at radius 3 is 2.44 bits per heavy atom. The highest BCUT2D eigenvalue weighted by molar-refractivity contribution is 5.25. The van der Waals surface area contributed by atoms with Crippen LogP contribution in [0.4, 0.5) is 0 Å². The van der Waals surface area contributed by atoms with Crippen LogP contribution in [0.2, 0.25) is 0 Å². The van der Waals surface area contributed by atoms with Gasteiger partial charge in [-0.05, 0) is 23.6 Å². The number of hydrogen-bond acceptors (Lipinski definition) is 2. The van der Waals surface area contributed by atoms with Crippen LogP contribution in [0, 0.1) is 0 Å². The van der Waals surface area contributed by atoms with Gasteiger partial charge in [0.05, 0.1) is 6.10 Å². The van der Waals surface area contributed by atoms with Gasteiger partial charge in [-0.2, -0.15) is 0 Å². The Balaban J connectivity index is 2.28. The van der Waals surface area contributed by atoms with Crippen molar-refractivity contribution < 1.29 is 5.11 Å². The van der Waals surface area contributed by atoms with E-state index in [-0.39, 0.29) is 5.92 Å². The molecule has 0 aliphatic carbocycles. The third-order valence-corrected chi connectivity index (χ3v) is 3.06. The summed E-state index contributed by atoms with van der Waals surface area (Å²) in [5.74, 6) is 0.0212. The Morgan fingerprint density at radius 1 is 1.11 bits per heavy atom. The number of aromatic nitrogens is 1. The first-order chi connectivity index (χ1) is 8.83. The van der Waals surface area contributed by atoms with Crippen molar-refractivity contribution >= 4 is 0 Å². The van der Waals surface area contributed by atoms with E-state index in [0.29, 0.717) is 0 Å². The molecule has 1 aromatic heterocycles. The van der Waals surface area contributed by atoms with Crippen molar-refractivity contribution in [1.29, 1.82) is 0 Å². The van der Waals surface area contributed by atoms with Gasteiger partial charge >= 0.3 is 0 Å². The van der Waals surface area contributed by atoms with Crippen LogP contribution in [0.1, 0.15) is 29.6 Å². The normalized spacial score (nSPS) is 13.8. The van der Waals surface area contributed by atoms with Gasteiger partial charge in [0.1, 0.15) is 0 Å². The Kier molecular flexibility index (Phi) is 4.26. The lowest BCUT2D eigenvalue weighted by Gasteiger charge is -2.22. The standard InChI is InChI=1S/C16H17NO/c1-2-7-15(13-8-4-3-5-9-13)16(18)14-10-6-11-17-12-14/h2-6,8-12,15-16,18H,1,7H2/t15-,16-/m0/s1. The average Bonchev–Trinajstić information content (AvgIpc) is 2.46. The Bertz CT molecular complexity index is 481. The third kappa shape index (κ3) is 2.84. The van der Waals surface area contributed by atoms with Crippen molar-refractivity contribution in [2.45, 2.75) is 18.4 Å². The number of nitrogens with zero attached hydrogens (tertiary/aromatic N) is 1. The van der Waals surface area contributed by atoms with E-state index in [4.69, 9.17) is 0 Å². The molecule has 0 fully saturated rings. The van der Waals surface area contributed by atoms with Crippen LogP contribution in [0.15, 0.2) is 67.5 Å². The van der Waals surface area contributed by atoms with Gasteiger partial charge in [0.2, 0.25) is 0 Å². The molecule has 2 heteroatoms. The Hall–Kier alpha value is -1.93. The summed E-state index contributed by atoms with van der Waals surface area (Å²) in [6, 6.07) is 13.8. The molecule has 0 spiro atoms. The molecule has 0 saturated heterocycles. The van der Waals surface area contributed by atoms with Crippen LogP contribution in [0.3, 0.4) is 0 Å². The molecule has 92 valence electrons. The smallest absolute Gasteiger partial charge is 0.0876 e. The number of aliphatic hydroxyl groups excluding tert-OH is 1. The van der Waals surface area contributed by atoms with Crippen LogP contribution < -0.4 is 0 Å². The van der Waals surface area contributed by atoms with Gasteiger partial charge in [0.25, 0.3) is 0 Å². The van der Waals surface area contributed by atoms with E-state index in [1.165, 1.54) is 0 Å². The average molecular weight is 239 g/mol. The minimum Gasteiger partial charge on any atom is -0.388 e. The second kappa shape index (κ2) is 6.12. The number of pyridine rings is 1. The lowest BCUT2D eigenvalue weighted by Crippen LogP contribution is -2.10. The van der Waals surface area contributed by atoms with Crippen molar-refractivity contribution in [3.05, 3.63) is 78.6 Å². The number of allylic oxidation sites excluding steroid dienone is 1. The van der Waals surface area contributed by atoms with Gasteiger partial charge in [-0.3, -0.25) is 4.98 Å². The summed E-state index contributed by atoms with van der Waals surface area (Å²) in [5, 5.41) is 10.5. The SMILES string of the molecule is C=CC[C@@H](c1ccccc1)[C@@H](O)c1cccnc1. The van der Waals surface area contributed by atoms with Gasteiger partial charge in [0.15, 0.2) is 0 Å². The van der Waals surface area contributed by atoms with Gasteiger partial charge < -0.3 is 5.11 Å². The molecule has 2 aromatic rings. The van der Waals surface area contributed by atoms with Crippen LogP contribution in [-0.4, -0.2) is 10.1 Å². The lowest BCUT2D eigenvalue weighted by atomic mass is 9.87. The number of rotatable bonds is 5. The number of hydrogen-bond donors (Lipinski definition) is 1. The maximum Gasteiger partial charge on any atom is 0.0876 e. The molecule has 1 heterocycles. The predicted molar refractivity (Wildman–Crippen MR) is 73.2 cm³/mol. The zero-order chi connectivity index (χ0) is 12.8. The molecule has 0 bridgehead atoms. The molecule has 2 nitrogen and oxygen atoms in total. The molecular weight excluding hydrogens is 222 g/mol. The molecule has 0 unspecified atom stereocenters. The molecule has 1 aromatic carbocycles. The van der Waals surface area contributed by atoms with E-state index in [2.05, 4.69) is 11.6 Å². The van der Waals surface area contributed by atoms with Crippen LogP contribution in [-0.2, 0) is 0 Å². The second-order valence-electron chi connectivity index (χ2n) is 4.27. The van der Waals surface area contributed by atoms with Crippen LogP contribution in [0.25, 0.3) is 0 Å². The quantitative estimate of drug-likeness (QED) is 0.810. The van der Waals surface area contributed by atoms with Crippen molar-refractivity contribution in [1.82, 2.24) is 4.98 Å². The van der Waals surface area contributed by atoms with E-state index in [1.807, 2.05) is 48.5 Å². The second-order valence-corrected chi connectivity index (χ2v) is 4.27. The van der Waals surface area contributed by atoms with E-state index >= 15 is 0 Å². The fourth-order valence-electron chi connectivity index (χ4n) is 2.11. The largest absolute Gasteiger partial charge is 0.388 e. The summed E-state index contributed by atoms with van der Waals surface area (Å²) in [6.45, 7) is 3.78. The predicted octanol–water partition coefficient (Wildman–Crippen LogP) is 3.47. The van der Waals surface area contributed by atoms with Gasteiger partial charge in [-0.15, -0.1) is 6.58 Å². The molecule has 2 rings (SSSR count). The maximum absolute atomic E-state index is 10.5. The summed E-state index contributed by atoms with van der Waals surface area (Å²) in [4.78, 5) is 4.06. The lowest BCUT2D eigenvalue weighted by molar-refractivity contribution is 0.145. The van der Waals surface area contributed by atoms with Gasteiger partial charge in [-0.25, -0.2) is 0 Å². The minimum absolute atomic E-state index is 0.0212. The molecular formula is C16H17NO. The molecule has 18 heavy (non-hydrogen) atoms. The first kappa shape index (κ1) is 12.5. The number of benzene rings is 1. The van der Waals surface area contributed by atoms with Crippen molar-refractivity contribution in [2.75, 3.05) is 0 Å². The monoisotopic (exact) mass is 239 g/mol. The summed E-state index contributed by atoms with van der Waals surface area (Å²) < 4.78 is 0. The third-order valence-electron chi connectivity index (χ3n) is 3.06. The maximum atomic E-state index is 10.5. The van der Waals surface area contributed by atoms with Gasteiger partial charge in [-0.1, -0.05) is 42.5 Å². The molecule has 0 radical (unpaired) electrons. The van der Waals surface area contributed by atoms with E-state index in [0.717, 1.165) is 17.5 Å². The highest BCUT2D eigenvalue weighted by Crippen LogP contribution is 2.33. The highest BCUT2D eigenvalue weighted by atomic mass is 16.3. The molecule has 0 saturated carbocycles. The van der Waals surface area contributed by atoms with E-state index in [1.54, 1.807) is 12.4 Å². The van der Waals surface area contributed by atoms with E-state index < -0.39 is 6.10 Å². The summed E-state index contributed by atoms with van der Waals surface area (Å²) in [7, 11) is 0. The molecule has 2 atom stereocenters. The fraction of sp³-hybridized carbons (Fsp3) is 0.188. The van der Waals surface area contributed by atoms with Crippen molar-refractivity contribution in [3.63, 3.8) is 0 Å².